The fourth-order valence-electron chi connectivity index (χ4n) is 1.25. The van der Waals surface area contributed by atoms with Crippen molar-refractivity contribution in [3.63, 3.8) is 0 Å². The Bertz CT molecular complexity index is 528. The fraction of sp³-hybridized carbons (Fsp3) is 0.0909. The van der Waals surface area contributed by atoms with Gasteiger partial charge < -0.3 is 9.84 Å². The van der Waals surface area contributed by atoms with Crippen molar-refractivity contribution in [1.82, 2.24) is 4.98 Å². The Morgan fingerprint density at radius 3 is 3.00 bits per heavy atom. The van der Waals surface area contributed by atoms with Crippen molar-refractivity contribution in [2.24, 2.45) is 0 Å². The molecule has 0 unspecified atom stereocenters. The third kappa shape index (κ3) is 2.79. The Hall–Kier alpha value is -1.95. The molecule has 2 aromatic rings. The largest absolute Gasteiger partial charge is 0.486 e. The number of carboxylic acids is 1. The van der Waals surface area contributed by atoms with Gasteiger partial charge in [-0.3, -0.25) is 0 Å². The Kier molecular flexibility index (Phi) is 3.34. The van der Waals surface area contributed by atoms with Gasteiger partial charge in [-0.1, -0.05) is 0 Å². The Morgan fingerprint density at radius 1 is 1.53 bits per heavy atom. The van der Waals surface area contributed by atoms with Crippen molar-refractivity contribution in [3.8, 4) is 5.75 Å². The molecular formula is C11H8FNO3S. The minimum atomic E-state index is -1.15. The van der Waals surface area contributed by atoms with Crippen LogP contribution in [0.25, 0.3) is 0 Å². The van der Waals surface area contributed by atoms with Crippen LogP contribution in [0.1, 0.15) is 16.1 Å². The van der Waals surface area contributed by atoms with Gasteiger partial charge in [0.25, 0.3) is 0 Å². The highest BCUT2D eigenvalue weighted by molar-refractivity contribution is 7.07. The molecular weight excluding hydrogens is 245 g/mol. The second kappa shape index (κ2) is 4.92. The molecule has 0 amide bonds. The van der Waals surface area contributed by atoms with E-state index >= 15 is 0 Å². The first kappa shape index (κ1) is 11.5. The number of thiazole rings is 1. The molecule has 0 aliphatic carbocycles. The van der Waals surface area contributed by atoms with Crippen LogP contribution in [0, 0.1) is 5.82 Å². The molecule has 0 radical (unpaired) electrons. The number of hydrogen-bond donors (Lipinski definition) is 1. The summed E-state index contributed by atoms with van der Waals surface area (Å²) in [5.41, 5.74) is 2.25. The smallest absolute Gasteiger partial charge is 0.339 e. The summed E-state index contributed by atoms with van der Waals surface area (Å²) in [6, 6.07) is 3.31. The van der Waals surface area contributed by atoms with Gasteiger partial charge in [0.1, 0.15) is 23.7 Å². The van der Waals surface area contributed by atoms with Crippen LogP contribution in [0.4, 0.5) is 4.39 Å². The zero-order valence-electron chi connectivity index (χ0n) is 8.59. The van der Waals surface area contributed by atoms with E-state index in [2.05, 4.69) is 4.98 Å². The summed E-state index contributed by atoms with van der Waals surface area (Å²) in [6.07, 6.45) is 0. The maximum Gasteiger partial charge on any atom is 0.339 e. The van der Waals surface area contributed by atoms with Crippen LogP contribution in [0.5, 0.6) is 5.75 Å². The Labute approximate surface area is 100 Å². The van der Waals surface area contributed by atoms with Crippen molar-refractivity contribution in [2.45, 2.75) is 6.61 Å². The molecule has 0 spiro atoms. The first-order valence-corrected chi connectivity index (χ1v) is 5.64. The van der Waals surface area contributed by atoms with Gasteiger partial charge in [-0.15, -0.1) is 11.3 Å². The van der Waals surface area contributed by atoms with Crippen LogP contribution in [-0.4, -0.2) is 16.1 Å². The molecule has 0 atom stereocenters. The highest BCUT2D eigenvalue weighted by Gasteiger charge is 2.12. The van der Waals surface area contributed by atoms with Gasteiger partial charge in [-0.2, -0.15) is 0 Å². The predicted molar refractivity (Wildman–Crippen MR) is 59.8 cm³/mol. The van der Waals surface area contributed by atoms with Crippen molar-refractivity contribution >= 4 is 17.3 Å². The average molecular weight is 253 g/mol. The summed E-state index contributed by atoms with van der Waals surface area (Å²) >= 11 is 1.41. The van der Waals surface area contributed by atoms with E-state index in [0.29, 0.717) is 5.69 Å². The van der Waals surface area contributed by atoms with Crippen molar-refractivity contribution in [2.75, 3.05) is 0 Å². The zero-order valence-corrected chi connectivity index (χ0v) is 9.41. The van der Waals surface area contributed by atoms with Crippen molar-refractivity contribution < 1.29 is 19.0 Å². The predicted octanol–water partition coefficient (Wildman–Crippen LogP) is 2.56. The quantitative estimate of drug-likeness (QED) is 0.909. The molecule has 1 aromatic heterocycles. The summed E-state index contributed by atoms with van der Waals surface area (Å²) in [5.74, 6) is -1.69. The third-order valence-corrected chi connectivity index (χ3v) is 2.67. The standard InChI is InChI=1S/C11H8FNO3S/c12-7-1-2-9(11(14)15)10(3-7)16-4-8-5-17-6-13-8/h1-3,5-6H,4H2,(H,14,15). The summed E-state index contributed by atoms with van der Waals surface area (Å²) in [7, 11) is 0. The van der Waals surface area contributed by atoms with Gasteiger partial charge in [0.05, 0.1) is 11.2 Å². The minimum Gasteiger partial charge on any atom is -0.486 e. The first-order chi connectivity index (χ1) is 8.16. The van der Waals surface area contributed by atoms with E-state index in [0.717, 1.165) is 12.1 Å². The van der Waals surface area contributed by atoms with Crippen molar-refractivity contribution in [3.05, 3.63) is 46.2 Å². The number of carbonyl (C=O) groups is 1. The summed E-state index contributed by atoms with van der Waals surface area (Å²) in [6.45, 7) is 0.118. The second-order valence-electron chi connectivity index (χ2n) is 3.21. The normalized spacial score (nSPS) is 10.2. The fourth-order valence-corrected chi connectivity index (χ4v) is 1.80. The summed E-state index contributed by atoms with van der Waals surface area (Å²) in [4.78, 5) is 14.9. The number of hydrogen-bond acceptors (Lipinski definition) is 4. The van der Waals surface area contributed by atoms with Crippen LogP contribution in [0.15, 0.2) is 29.1 Å². The monoisotopic (exact) mass is 253 g/mol. The van der Waals surface area contributed by atoms with Gasteiger partial charge in [0, 0.05) is 11.4 Å². The van der Waals surface area contributed by atoms with E-state index in [1.807, 2.05) is 0 Å². The van der Waals surface area contributed by atoms with Crippen LogP contribution >= 0.6 is 11.3 Å². The van der Waals surface area contributed by atoms with Gasteiger partial charge in [0.15, 0.2) is 0 Å². The maximum absolute atomic E-state index is 13.0. The molecule has 88 valence electrons. The highest BCUT2D eigenvalue weighted by Crippen LogP contribution is 2.21. The highest BCUT2D eigenvalue weighted by atomic mass is 32.1. The second-order valence-corrected chi connectivity index (χ2v) is 3.93. The molecule has 0 aliphatic rings. The van der Waals surface area contributed by atoms with E-state index < -0.39 is 11.8 Å². The molecule has 0 bridgehead atoms. The molecule has 4 nitrogen and oxygen atoms in total. The van der Waals surface area contributed by atoms with E-state index in [1.165, 1.54) is 17.4 Å². The minimum absolute atomic E-state index is 0.00509. The lowest BCUT2D eigenvalue weighted by atomic mass is 10.2. The first-order valence-electron chi connectivity index (χ1n) is 4.69. The number of nitrogens with zero attached hydrogens (tertiary/aromatic N) is 1. The van der Waals surface area contributed by atoms with Gasteiger partial charge in [0.2, 0.25) is 0 Å². The Balaban J connectivity index is 2.19. The van der Waals surface area contributed by atoms with E-state index in [4.69, 9.17) is 9.84 Å². The van der Waals surface area contributed by atoms with Crippen molar-refractivity contribution in [1.29, 1.82) is 0 Å². The molecule has 1 aromatic carbocycles. The molecule has 0 saturated carbocycles. The van der Waals surface area contributed by atoms with E-state index in [9.17, 15) is 9.18 Å². The number of aromatic nitrogens is 1. The number of halogens is 1. The number of rotatable bonds is 4. The topological polar surface area (TPSA) is 59.4 Å². The SMILES string of the molecule is O=C(O)c1ccc(F)cc1OCc1cscn1. The van der Waals surface area contributed by atoms with Crippen LogP contribution in [-0.2, 0) is 6.61 Å². The van der Waals surface area contributed by atoms with Gasteiger partial charge >= 0.3 is 5.97 Å². The number of ether oxygens (including phenoxy) is 1. The van der Waals surface area contributed by atoms with Crippen LogP contribution < -0.4 is 4.74 Å². The number of carboxylic acid groups (broad SMARTS) is 1. The summed E-state index contributed by atoms with van der Waals surface area (Å²) < 4.78 is 18.2. The van der Waals surface area contributed by atoms with Crippen LogP contribution in [0.2, 0.25) is 0 Å². The number of benzene rings is 1. The molecule has 1 heterocycles. The van der Waals surface area contributed by atoms with E-state index in [-0.39, 0.29) is 17.9 Å². The van der Waals surface area contributed by atoms with Gasteiger partial charge in [-0.05, 0) is 12.1 Å². The average Bonchev–Trinajstić information content (AvgIpc) is 2.78. The molecule has 0 aliphatic heterocycles. The lowest BCUT2D eigenvalue weighted by molar-refractivity contribution is 0.0691. The number of aromatic carboxylic acids is 1. The Morgan fingerprint density at radius 2 is 2.35 bits per heavy atom. The van der Waals surface area contributed by atoms with E-state index in [1.54, 1.807) is 10.9 Å². The molecule has 0 fully saturated rings. The lowest BCUT2D eigenvalue weighted by Crippen LogP contribution is -2.04. The third-order valence-electron chi connectivity index (χ3n) is 2.03. The van der Waals surface area contributed by atoms with Crippen LogP contribution in [0.3, 0.4) is 0 Å². The summed E-state index contributed by atoms with van der Waals surface area (Å²) in [5, 5.41) is 10.7. The lowest BCUT2D eigenvalue weighted by Gasteiger charge is -2.07. The molecule has 2 rings (SSSR count). The molecule has 0 saturated heterocycles. The van der Waals surface area contributed by atoms with Gasteiger partial charge in [-0.25, -0.2) is 14.2 Å². The molecule has 17 heavy (non-hydrogen) atoms. The molecule has 1 N–H and O–H groups in total. The maximum atomic E-state index is 13.0. The zero-order chi connectivity index (χ0) is 12.3. The molecule has 6 heteroatoms.